The summed E-state index contributed by atoms with van der Waals surface area (Å²) < 4.78 is 57.3. The van der Waals surface area contributed by atoms with E-state index in [4.69, 9.17) is 0 Å². The van der Waals surface area contributed by atoms with Crippen LogP contribution in [0.5, 0.6) is 0 Å². The Morgan fingerprint density at radius 3 is 2.15 bits per heavy atom. The number of alkyl halides is 4. The van der Waals surface area contributed by atoms with Crippen molar-refractivity contribution in [2.75, 3.05) is 0 Å². The van der Waals surface area contributed by atoms with E-state index in [2.05, 4.69) is 0 Å². The highest BCUT2D eigenvalue weighted by Crippen LogP contribution is 2.59. The Hall–Kier alpha value is -0.280. The molecule has 3 saturated carbocycles. The normalized spacial score (nSPS) is 49.0. The third-order valence-corrected chi connectivity index (χ3v) is 6.09. The smallest absolute Gasteiger partial charge is 0.244 e. The van der Waals surface area contributed by atoms with Gasteiger partial charge in [0.05, 0.1) is 5.92 Å². The number of hydrogen-bond donors (Lipinski definition) is 0. The predicted molar refractivity (Wildman–Crippen MR) is 70.2 cm³/mol. The van der Waals surface area contributed by atoms with Gasteiger partial charge < -0.3 is 0 Å². The fraction of sp³-hybridized carbons (Fsp3) is 1.00. The van der Waals surface area contributed by atoms with Crippen LogP contribution in [0.15, 0.2) is 0 Å². The van der Waals surface area contributed by atoms with Gasteiger partial charge in [-0.15, -0.1) is 0 Å². The van der Waals surface area contributed by atoms with E-state index < -0.39 is 36.0 Å². The van der Waals surface area contributed by atoms with Crippen molar-refractivity contribution in [3.05, 3.63) is 0 Å². The summed E-state index contributed by atoms with van der Waals surface area (Å²) in [6.07, 6.45) is 1.94. The van der Waals surface area contributed by atoms with Gasteiger partial charge in [-0.2, -0.15) is 0 Å². The Labute approximate surface area is 118 Å². The predicted octanol–water partition coefficient (Wildman–Crippen LogP) is 5.17. The van der Waals surface area contributed by atoms with Crippen LogP contribution in [0.2, 0.25) is 0 Å². The number of rotatable bonds is 1. The molecule has 3 fully saturated rings. The second-order valence-corrected chi connectivity index (χ2v) is 7.30. The number of hydrogen-bond acceptors (Lipinski definition) is 0. The van der Waals surface area contributed by atoms with Gasteiger partial charge >= 0.3 is 0 Å². The average molecular weight is 292 g/mol. The molecular weight excluding hydrogens is 268 g/mol. The Morgan fingerprint density at radius 2 is 1.50 bits per heavy atom. The lowest BCUT2D eigenvalue weighted by Crippen LogP contribution is -2.48. The minimum atomic E-state index is -3.02. The van der Waals surface area contributed by atoms with Gasteiger partial charge in [0.1, 0.15) is 12.3 Å². The second-order valence-electron chi connectivity index (χ2n) is 7.30. The molecule has 0 saturated heterocycles. The van der Waals surface area contributed by atoms with Crippen LogP contribution in [0.3, 0.4) is 0 Å². The minimum Gasteiger partial charge on any atom is -0.244 e. The molecule has 0 spiro atoms. The van der Waals surface area contributed by atoms with Gasteiger partial charge in [0.15, 0.2) is 0 Å². The van der Waals surface area contributed by atoms with Gasteiger partial charge in [0.25, 0.3) is 5.92 Å². The van der Waals surface area contributed by atoms with Crippen LogP contribution in [-0.2, 0) is 0 Å². The molecule has 0 radical (unpaired) electrons. The van der Waals surface area contributed by atoms with Crippen LogP contribution >= 0.6 is 0 Å². The van der Waals surface area contributed by atoms with Gasteiger partial charge in [-0.25, -0.2) is 17.6 Å². The lowest BCUT2D eigenvalue weighted by atomic mass is 9.73. The third kappa shape index (κ3) is 2.18. The maximum Gasteiger partial charge on any atom is 0.257 e. The number of fused-ring (bicyclic) bond motifs is 1. The molecule has 6 unspecified atom stereocenters. The van der Waals surface area contributed by atoms with E-state index in [1.165, 1.54) is 0 Å². The summed E-state index contributed by atoms with van der Waals surface area (Å²) in [5.74, 6) is -5.84. The van der Waals surface area contributed by atoms with Crippen molar-refractivity contribution in [1.82, 2.24) is 0 Å². The zero-order valence-corrected chi connectivity index (χ0v) is 12.0. The Kier molecular flexibility index (Phi) is 3.79. The highest BCUT2D eigenvalue weighted by molar-refractivity contribution is 5.07. The van der Waals surface area contributed by atoms with Gasteiger partial charge in [-0.3, -0.25) is 0 Å². The lowest BCUT2D eigenvalue weighted by Gasteiger charge is -2.38. The fourth-order valence-corrected chi connectivity index (χ4v) is 5.07. The summed E-state index contributed by atoms with van der Waals surface area (Å²) in [5.41, 5.74) is 0. The van der Waals surface area contributed by atoms with Crippen LogP contribution in [0.4, 0.5) is 17.6 Å². The zero-order valence-electron chi connectivity index (χ0n) is 12.0. The molecule has 0 aromatic carbocycles. The molecule has 6 atom stereocenters. The fourth-order valence-electron chi connectivity index (χ4n) is 5.07. The van der Waals surface area contributed by atoms with E-state index in [-0.39, 0.29) is 11.8 Å². The first kappa shape index (κ1) is 14.6. The minimum absolute atomic E-state index is 0.0184. The first-order valence-corrected chi connectivity index (χ1v) is 8.09. The molecule has 116 valence electrons. The molecule has 3 aliphatic carbocycles. The van der Waals surface area contributed by atoms with Crippen molar-refractivity contribution in [2.45, 2.75) is 70.1 Å². The highest BCUT2D eigenvalue weighted by Gasteiger charge is 2.65. The first-order valence-electron chi connectivity index (χ1n) is 8.09. The molecule has 3 rings (SSSR count). The van der Waals surface area contributed by atoms with Gasteiger partial charge in [0.2, 0.25) is 0 Å². The molecule has 0 aromatic rings. The van der Waals surface area contributed by atoms with Crippen LogP contribution in [0, 0.1) is 29.6 Å². The van der Waals surface area contributed by atoms with Crippen LogP contribution < -0.4 is 0 Å². The molecule has 3 aliphatic rings. The van der Waals surface area contributed by atoms with Gasteiger partial charge in [-0.05, 0) is 43.4 Å². The van der Waals surface area contributed by atoms with E-state index in [1.54, 1.807) is 6.92 Å². The Balaban J connectivity index is 1.82. The van der Waals surface area contributed by atoms with Crippen molar-refractivity contribution in [3.63, 3.8) is 0 Å². The van der Waals surface area contributed by atoms with E-state index in [0.29, 0.717) is 12.8 Å². The van der Waals surface area contributed by atoms with E-state index in [9.17, 15) is 17.6 Å². The van der Waals surface area contributed by atoms with Crippen molar-refractivity contribution in [1.29, 1.82) is 0 Å². The van der Waals surface area contributed by atoms with E-state index in [0.717, 1.165) is 32.1 Å². The van der Waals surface area contributed by atoms with Crippen molar-refractivity contribution in [3.8, 4) is 0 Å². The topological polar surface area (TPSA) is 0 Å². The summed E-state index contributed by atoms with van der Waals surface area (Å²) in [6.45, 7) is 1.65. The van der Waals surface area contributed by atoms with Crippen LogP contribution in [-0.4, -0.2) is 18.3 Å². The standard InChI is InChI=1S/C16H24F4/c1-9-7-11-8-12(10-5-3-2-4-6-10)16(19,20)13(11)15(18)14(9)17/h9-15H,2-8H2,1H3. The summed E-state index contributed by atoms with van der Waals surface area (Å²) in [5, 5.41) is 0. The average Bonchev–Trinajstić information content (AvgIpc) is 2.68. The first-order chi connectivity index (χ1) is 9.43. The molecule has 0 aromatic heterocycles. The Morgan fingerprint density at radius 1 is 0.850 bits per heavy atom. The molecule has 20 heavy (non-hydrogen) atoms. The van der Waals surface area contributed by atoms with Crippen molar-refractivity contribution >= 4 is 0 Å². The maximum atomic E-state index is 14.7. The quantitative estimate of drug-likeness (QED) is 0.585. The molecular formula is C16H24F4. The van der Waals surface area contributed by atoms with E-state index in [1.807, 2.05) is 0 Å². The molecule has 0 heterocycles. The van der Waals surface area contributed by atoms with Crippen LogP contribution in [0.1, 0.15) is 51.9 Å². The maximum absolute atomic E-state index is 14.7. The summed E-state index contributed by atoms with van der Waals surface area (Å²) >= 11 is 0. The summed E-state index contributed by atoms with van der Waals surface area (Å²) in [7, 11) is 0. The molecule has 0 nitrogen and oxygen atoms in total. The summed E-state index contributed by atoms with van der Waals surface area (Å²) in [6, 6.07) is 0. The molecule has 0 N–H and O–H groups in total. The van der Waals surface area contributed by atoms with E-state index >= 15 is 0 Å². The molecule has 0 bridgehead atoms. The third-order valence-electron chi connectivity index (χ3n) is 6.09. The van der Waals surface area contributed by atoms with Crippen LogP contribution in [0.25, 0.3) is 0 Å². The summed E-state index contributed by atoms with van der Waals surface area (Å²) in [4.78, 5) is 0. The van der Waals surface area contributed by atoms with Gasteiger partial charge in [0, 0.05) is 5.92 Å². The SMILES string of the molecule is CC1CC2CC(C3CCCCC3)C(F)(F)C2C(F)C1F. The Bertz CT molecular complexity index is 350. The monoisotopic (exact) mass is 292 g/mol. The highest BCUT2D eigenvalue weighted by atomic mass is 19.3. The second kappa shape index (κ2) is 5.17. The molecule has 0 amide bonds. The largest absolute Gasteiger partial charge is 0.257 e. The lowest BCUT2D eigenvalue weighted by molar-refractivity contribution is -0.145. The molecule has 0 aliphatic heterocycles. The zero-order chi connectivity index (χ0) is 14.5. The van der Waals surface area contributed by atoms with Crippen molar-refractivity contribution < 1.29 is 17.6 Å². The van der Waals surface area contributed by atoms with Gasteiger partial charge in [-0.1, -0.05) is 26.2 Å². The molecule has 4 heteroatoms. The van der Waals surface area contributed by atoms with Crippen molar-refractivity contribution in [2.24, 2.45) is 29.6 Å². The number of halogens is 4.